The van der Waals surface area contributed by atoms with Crippen molar-refractivity contribution in [2.24, 2.45) is 17.6 Å². The van der Waals surface area contributed by atoms with E-state index < -0.39 is 11.6 Å². The number of piperidine rings is 1. The number of hydrogen-bond donors (Lipinski definition) is 1. The molecule has 5 heteroatoms. The number of anilines is 1. The average Bonchev–Trinajstić information content (AvgIpc) is 2.41. The smallest absolute Gasteiger partial charge is 0.182 e. The molecule has 1 heterocycles. The van der Waals surface area contributed by atoms with Crippen molar-refractivity contribution in [1.29, 1.82) is 0 Å². The van der Waals surface area contributed by atoms with Gasteiger partial charge in [-0.2, -0.15) is 0 Å². The van der Waals surface area contributed by atoms with Gasteiger partial charge in [-0.3, -0.25) is 0 Å². The summed E-state index contributed by atoms with van der Waals surface area (Å²) in [6, 6.07) is 3.03. The van der Waals surface area contributed by atoms with Crippen molar-refractivity contribution in [3.8, 4) is 0 Å². The molecule has 0 radical (unpaired) electrons. The number of rotatable bonds is 3. The Hall–Kier alpha value is -1.23. The molecule has 0 bridgehead atoms. The van der Waals surface area contributed by atoms with E-state index in [-0.39, 0.29) is 10.6 Å². The third kappa shape index (κ3) is 2.92. The lowest BCUT2D eigenvalue weighted by Gasteiger charge is -2.35. The van der Waals surface area contributed by atoms with E-state index in [1.165, 1.54) is 6.07 Å². The van der Waals surface area contributed by atoms with Gasteiger partial charge in [-0.1, -0.05) is 26.1 Å². The van der Waals surface area contributed by atoms with Crippen molar-refractivity contribution in [3.05, 3.63) is 29.3 Å². The SMILES string of the molecule is CC(C)C1CCN(c2ccc(C(N)=S)c(F)c2F)CC1. The van der Waals surface area contributed by atoms with Crippen LogP contribution in [-0.2, 0) is 0 Å². The summed E-state index contributed by atoms with van der Waals surface area (Å²) in [5.41, 5.74) is 5.66. The maximum Gasteiger partial charge on any atom is 0.182 e. The maximum atomic E-state index is 14.1. The Kier molecular flexibility index (Phi) is 4.58. The molecule has 20 heavy (non-hydrogen) atoms. The molecule has 1 aliphatic rings. The predicted octanol–water partition coefficient (Wildman–Crippen LogP) is 3.47. The van der Waals surface area contributed by atoms with Crippen molar-refractivity contribution >= 4 is 22.9 Å². The van der Waals surface area contributed by atoms with E-state index >= 15 is 0 Å². The minimum absolute atomic E-state index is 0.0293. The zero-order valence-electron chi connectivity index (χ0n) is 11.8. The molecule has 0 atom stereocenters. The number of nitrogens with two attached hydrogens (primary N) is 1. The van der Waals surface area contributed by atoms with Gasteiger partial charge in [0.25, 0.3) is 0 Å². The molecule has 1 saturated heterocycles. The molecule has 0 saturated carbocycles. The summed E-state index contributed by atoms with van der Waals surface area (Å²) in [4.78, 5) is 1.78. The van der Waals surface area contributed by atoms with Gasteiger partial charge in [0.2, 0.25) is 0 Å². The molecule has 1 aromatic rings. The van der Waals surface area contributed by atoms with Crippen LogP contribution in [0.25, 0.3) is 0 Å². The van der Waals surface area contributed by atoms with Crippen LogP contribution in [0.2, 0.25) is 0 Å². The summed E-state index contributed by atoms with van der Waals surface area (Å²) in [7, 11) is 0. The van der Waals surface area contributed by atoms with E-state index in [9.17, 15) is 8.78 Å². The van der Waals surface area contributed by atoms with Crippen LogP contribution in [0.3, 0.4) is 0 Å². The highest BCUT2D eigenvalue weighted by Gasteiger charge is 2.25. The van der Waals surface area contributed by atoms with Crippen molar-refractivity contribution in [3.63, 3.8) is 0 Å². The van der Waals surface area contributed by atoms with Crippen LogP contribution in [-0.4, -0.2) is 18.1 Å². The molecular formula is C15H20F2N2S. The largest absolute Gasteiger partial charge is 0.389 e. The van der Waals surface area contributed by atoms with Gasteiger partial charge in [0.05, 0.1) is 5.69 Å². The quantitative estimate of drug-likeness (QED) is 0.866. The predicted molar refractivity (Wildman–Crippen MR) is 82.0 cm³/mol. The fraction of sp³-hybridized carbons (Fsp3) is 0.533. The highest BCUT2D eigenvalue weighted by Crippen LogP contribution is 2.30. The van der Waals surface area contributed by atoms with Crippen LogP contribution < -0.4 is 10.6 Å². The van der Waals surface area contributed by atoms with Gasteiger partial charge in [-0.05, 0) is 36.8 Å². The standard InChI is InChI=1S/C15H20F2N2S/c1-9(2)10-5-7-19(8-6-10)12-4-3-11(15(18)20)13(16)14(12)17/h3-4,9-10H,5-8H2,1-2H3,(H2,18,20). The van der Waals surface area contributed by atoms with Gasteiger partial charge in [-0.15, -0.1) is 0 Å². The first kappa shape index (κ1) is 15.2. The highest BCUT2D eigenvalue weighted by atomic mass is 32.1. The molecule has 0 aromatic heterocycles. The molecule has 110 valence electrons. The minimum Gasteiger partial charge on any atom is -0.389 e. The number of nitrogens with zero attached hydrogens (tertiary/aromatic N) is 1. The van der Waals surface area contributed by atoms with Gasteiger partial charge in [0, 0.05) is 18.7 Å². The Bertz CT molecular complexity index is 509. The van der Waals surface area contributed by atoms with E-state index in [4.69, 9.17) is 18.0 Å². The Morgan fingerprint density at radius 2 is 1.85 bits per heavy atom. The Morgan fingerprint density at radius 3 is 2.35 bits per heavy atom. The first-order valence-corrected chi connectivity index (χ1v) is 7.35. The molecule has 0 amide bonds. The van der Waals surface area contributed by atoms with Crippen molar-refractivity contribution < 1.29 is 8.78 Å². The second-order valence-electron chi connectivity index (χ2n) is 5.69. The minimum atomic E-state index is -0.944. The van der Waals surface area contributed by atoms with Crippen LogP contribution in [0.15, 0.2) is 12.1 Å². The molecule has 2 nitrogen and oxygen atoms in total. The zero-order chi connectivity index (χ0) is 14.9. The molecule has 1 aliphatic heterocycles. The summed E-state index contributed by atoms with van der Waals surface area (Å²) >= 11 is 4.71. The van der Waals surface area contributed by atoms with Crippen LogP contribution in [0.4, 0.5) is 14.5 Å². The van der Waals surface area contributed by atoms with Gasteiger partial charge in [0.15, 0.2) is 11.6 Å². The molecule has 2 N–H and O–H groups in total. The highest BCUT2D eigenvalue weighted by molar-refractivity contribution is 7.80. The van der Waals surface area contributed by atoms with Gasteiger partial charge < -0.3 is 10.6 Å². The van der Waals surface area contributed by atoms with Crippen molar-refractivity contribution in [1.82, 2.24) is 0 Å². The Labute approximate surface area is 123 Å². The fourth-order valence-corrected chi connectivity index (χ4v) is 2.94. The second-order valence-corrected chi connectivity index (χ2v) is 6.13. The number of thiocarbonyl (C=S) groups is 1. The average molecular weight is 298 g/mol. The molecule has 0 aliphatic carbocycles. The molecule has 1 aromatic carbocycles. The van der Waals surface area contributed by atoms with Gasteiger partial charge in [-0.25, -0.2) is 8.78 Å². The van der Waals surface area contributed by atoms with E-state index in [0.29, 0.717) is 17.5 Å². The van der Waals surface area contributed by atoms with E-state index in [0.717, 1.165) is 25.9 Å². The molecule has 0 spiro atoms. The lowest BCUT2D eigenvalue weighted by molar-refractivity contribution is 0.310. The van der Waals surface area contributed by atoms with E-state index in [1.54, 1.807) is 6.07 Å². The lowest BCUT2D eigenvalue weighted by atomic mass is 9.86. The second kappa shape index (κ2) is 6.04. The van der Waals surface area contributed by atoms with E-state index in [1.807, 2.05) is 4.90 Å². The zero-order valence-corrected chi connectivity index (χ0v) is 12.6. The Morgan fingerprint density at radius 1 is 1.25 bits per heavy atom. The van der Waals surface area contributed by atoms with Crippen LogP contribution in [0.5, 0.6) is 0 Å². The van der Waals surface area contributed by atoms with Crippen LogP contribution in [0, 0.1) is 23.5 Å². The monoisotopic (exact) mass is 298 g/mol. The summed E-state index contributed by atoms with van der Waals surface area (Å²) in [5.74, 6) is -0.495. The maximum absolute atomic E-state index is 14.1. The molecule has 0 unspecified atom stereocenters. The third-order valence-corrected chi connectivity index (χ3v) is 4.37. The number of benzene rings is 1. The number of halogens is 2. The lowest BCUT2D eigenvalue weighted by Crippen LogP contribution is -2.36. The summed E-state index contributed by atoms with van der Waals surface area (Å²) in [5, 5.41) is 0. The summed E-state index contributed by atoms with van der Waals surface area (Å²) in [6.45, 7) is 5.92. The first-order chi connectivity index (χ1) is 9.41. The van der Waals surface area contributed by atoms with Gasteiger partial charge in [0.1, 0.15) is 4.99 Å². The third-order valence-electron chi connectivity index (χ3n) is 4.15. The van der Waals surface area contributed by atoms with Crippen molar-refractivity contribution in [2.75, 3.05) is 18.0 Å². The fourth-order valence-electron chi connectivity index (χ4n) is 2.78. The number of hydrogen-bond acceptors (Lipinski definition) is 2. The topological polar surface area (TPSA) is 29.3 Å². The Balaban J connectivity index is 2.19. The normalized spacial score (nSPS) is 16.8. The van der Waals surface area contributed by atoms with Gasteiger partial charge >= 0.3 is 0 Å². The van der Waals surface area contributed by atoms with Crippen LogP contribution >= 0.6 is 12.2 Å². The summed E-state index contributed by atoms with van der Waals surface area (Å²) in [6.07, 6.45) is 2.02. The van der Waals surface area contributed by atoms with Crippen molar-refractivity contribution in [2.45, 2.75) is 26.7 Å². The molecule has 2 rings (SSSR count). The van der Waals surface area contributed by atoms with E-state index in [2.05, 4.69) is 13.8 Å². The first-order valence-electron chi connectivity index (χ1n) is 6.94. The van der Waals surface area contributed by atoms with Crippen LogP contribution in [0.1, 0.15) is 32.3 Å². The summed E-state index contributed by atoms with van der Waals surface area (Å²) < 4.78 is 28.0. The molecule has 1 fully saturated rings. The molecular weight excluding hydrogens is 278 g/mol.